The molecule has 3 aromatic rings. The Bertz CT molecular complexity index is 646. The maximum Gasteiger partial charge on any atom is 2.00 e. The fourth-order valence-corrected chi connectivity index (χ4v) is 1.81. The molecular formula is C24H27Cd3O3P. The summed E-state index contributed by atoms with van der Waals surface area (Å²) < 4.78 is 0. The van der Waals surface area contributed by atoms with Gasteiger partial charge < -0.3 is 23.3 Å². The molecule has 3 rings (SSSR count). The first-order valence-corrected chi connectivity index (χ1v) is 9.88. The number of rotatable bonds is 0. The van der Waals surface area contributed by atoms with E-state index in [9.17, 15) is 0 Å². The van der Waals surface area contributed by atoms with E-state index in [1.807, 2.05) is 36.4 Å². The van der Waals surface area contributed by atoms with Gasteiger partial charge in [-0.1, -0.05) is 41.5 Å². The molecule has 0 saturated carbocycles. The second-order valence-electron chi connectivity index (χ2n) is 6.16. The monoisotopic (exact) mass is 736 g/mol. The molecule has 0 aliphatic rings. The summed E-state index contributed by atoms with van der Waals surface area (Å²) in [7, 11) is -3.37. The molecule has 0 unspecified atom stereocenters. The molecule has 31 heavy (non-hydrogen) atoms. The predicted molar refractivity (Wildman–Crippen MR) is 111 cm³/mol. The van der Waals surface area contributed by atoms with Crippen molar-refractivity contribution in [3.63, 3.8) is 0 Å². The Morgan fingerprint density at radius 2 is 0.710 bits per heavy atom. The summed E-state index contributed by atoms with van der Waals surface area (Å²) in [5, 5.41) is 0. The molecule has 0 radical (unpaired) electrons. The Morgan fingerprint density at radius 1 is 0.516 bits per heavy atom. The van der Waals surface area contributed by atoms with E-state index in [-0.39, 0.29) is 81.9 Å². The van der Waals surface area contributed by atoms with Crippen LogP contribution in [0.2, 0.25) is 0 Å². The van der Waals surface area contributed by atoms with Crippen molar-refractivity contribution in [2.45, 2.75) is 41.5 Å². The fourth-order valence-electron chi connectivity index (χ4n) is 1.81. The van der Waals surface area contributed by atoms with E-state index < -0.39 is 8.60 Å². The van der Waals surface area contributed by atoms with Gasteiger partial charge in [-0.25, -0.2) is 0 Å². The van der Waals surface area contributed by atoms with Crippen LogP contribution in [-0.4, -0.2) is 0 Å². The van der Waals surface area contributed by atoms with Gasteiger partial charge in [0.05, 0.1) is 0 Å². The summed E-state index contributed by atoms with van der Waals surface area (Å²) in [5.74, 6) is 0. The molecule has 0 atom stereocenters. The Morgan fingerprint density at radius 3 is 0.806 bits per heavy atom. The van der Waals surface area contributed by atoms with Gasteiger partial charge in [-0.2, -0.15) is 106 Å². The number of hydrogen-bond donors (Lipinski definition) is 0. The third-order valence-electron chi connectivity index (χ3n) is 4.00. The molecule has 0 bridgehead atoms. The molecule has 3 nitrogen and oxygen atoms in total. The summed E-state index contributed by atoms with van der Waals surface area (Å²) >= 11 is 0. The summed E-state index contributed by atoms with van der Waals surface area (Å²) in [4.78, 5) is 25.4. The van der Waals surface area contributed by atoms with Crippen molar-refractivity contribution in [3.05, 3.63) is 106 Å². The molecule has 0 aliphatic heterocycles. The molecule has 0 amide bonds. The SMILES string of the molecule is Cc1[c-]cccc1C.Cc1[c-]cccc1C.Cc1[c-]cccc1C.[Cd+2].[Cd+2].[Cd+2].[O-]P([O-])[O-]. The number of hydrogen-bond acceptors (Lipinski definition) is 3. The molecule has 0 saturated heterocycles. The third kappa shape index (κ3) is 22.3. The van der Waals surface area contributed by atoms with Gasteiger partial charge in [0.25, 0.3) is 0 Å². The van der Waals surface area contributed by atoms with E-state index in [0.717, 1.165) is 0 Å². The first-order valence-electron chi connectivity index (χ1n) is 8.78. The van der Waals surface area contributed by atoms with E-state index >= 15 is 0 Å². The fraction of sp³-hybridized carbons (Fsp3) is 0.250. The Kier molecular flexibility index (Phi) is 30.0. The van der Waals surface area contributed by atoms with E-state index in [4.69, 9.17) is 14.7 Å². The van der Waals surface area contributed by atoms with Crippen molar-refractivity contribution >= 4 is 8.60 Å². The van der Waals surface area contributed by atoms with Gasteiger partial charge in [-0.3, -0.25) is 0 Å². The van der Waals surface area contributed by atoms with Crippen LogP contribution in [0.15, 0.2) is 54.6 Å². The average Bonchev–Trinajstić information content (AvgIpc) is 2.63. The van der Waals surface area contributed by atoms with Crippen LogP contribution in [-0.2, 0) is 81.9 Å². The maximum atomic E-state index is 8.48. The van der Waals surface area contributed by atoms with Crippen LogP contribution in [0.25, 0.3) is 0 Å². The topological polar surface area (TPSA) is 69.2 Å². The third-order valence-corrected chi connectivity index (χ3v) is 4.00. The zero-order chi connectivity index (χ0) is 21.5. The average molecular weight is 732 g/mol. The molecule has 152 valence electrons. The summed E-state index contributed by atoms with van der Waals surface area (Å²) in [6, 6.07) is 27.4. The van der Waals surface area contributed by atoms with Crippen LogP contribution in [0.5, 0.6) is 0 Å². The van der Waals surface area contributed by atoms with E-state index in [1.54, 1.807) is 0 Å². The Hall–Kier alpha value is 0.736. The normalized spacial score (nSPS) is 8.32. The van der Waals surface area contributed by atoms with Crippen LogP contribution < -0.4 is 14.7 Å². The van der Waals surface area contributed by atoms with Gasteiger partial charge in [0.15, 0.2) is 0 Å². The van der Waals surface area contributed by atoms with Crippen LogP contribution in [0.4, 0.5) is 0 Å². The van der Waals surface area contributed by atoms with E-state index in [2.05, 4.69) is 77.9 Å². The van der Waals surface area contributed by atoms with Crippen molar-refractivity contribution in [3.8, 4) is 0 Å². The molecule has 0 fully saturated rings. The van der Waals surface area contributed by atoms with Gasteiger partial charge in [0.1, 0.15) is 0 Å². The molecule has 0 spiro atoms. The Labute approximate surface area is 250 Å². The van der Waals surface area contributed by atoms with Gasteiger partial charge >= 0.3 is 81.9 Å². The van der Waals surface area contributed by atoms with E-state index in [1.165, 1.54) is 33.4 Å². The zero-order valence-corrected chi connectivity index (χ0v) is 32.5. The second kappa shape index (κ2) is 23.9. The van der Waals surface area contributed by atoms with Crippen LogP contribution in [0.3, 0.4) is 0 Å². The molecule has 0 aromatic heterocycles. The molecular weight excluding hydrogens is 704 g/mol. The molecule has 0 heterocycles. The zero-order valence-electron chi connectivity index (χ0n) is 19.5. The summed E-state index contributed by atoms with van der Waals surface area (Å²) in [6.07, 6.45) is 0. The first-order chi connectivity index (χ1) is 13.1. The van der Waals surface area contributed by atoms with Crippen molar-refractivity contribution in [2.75, 3.05) is 0 Å². The van der Waals surface area contributed by atoms with Gasteiger partial charge in [-0.05, 0) is 0 Å². The summed E-state index contributed by atoms with van der Waals surface area (Å²) in [5.41, 5.74) is 7.67. The first kappa shape index (κ1) is 39.0. The minimum Gasteiger partial charge on any atom is -0.854 e. The van der Waals surface area contributed by atoms with Crippen molar-refractivity contribution in [2.24, 2.45) is 0 Å². The Balaban J connectivity index is -0.000000156. The van der Waals surface area contributed by atoms with Gasteiger partial charge in [-0.15, -0.1) is 0 Å². The largest absolute Gasteiger partial charge is 2.00 e. The minimum atomic E-state index is -3.37. The number of benzene rings is 3. The van der Waals surface area contributed by atoms with Crippen molar-refractivity contribution in [1.82, 2.24) is 0 Å². The molecule has 0 N–H and O–H groups in total. The molecule has 7 heteroatoms. The van der Waals surface area contributed by atoms with Crippen LogP contribution >= 0.6 is 8.60 Å². The van der Waals surface area contributed by atoms with Crippen LogP contribution in [0.1, 0.15) is 33.4 Å². The standard InChI is InChI=1S/3C8H9.3Cd.O3P/c3*1-7-5-3-4-6-8(7)2;;;;1-4(2)3/h3*3-5H,1-2H3;;;;/q3*-1;3*+2;-3. The van der Waals surface area contributed by atoms with Crippen molar-refractivity contribution in [1.29, 1.82) is 0 Å². The van der Waals surface area contributed by atoms with Gasteiger partial charge in [0.2, 0.25) is 0 Å². The minimum absolute atomic E-state index is 0. The summed E-state index contributed by atoms with van der Waals surface area (Å²) in [6.45, 7) is 12.5. The van der Waals surface area contributed by atoms with Crippen molar-refractivity contribution < 1.29 is 96.6 Å². The predicted octanol–water partition coefficient (Wildman–Crippen LogP) is 3.60. The quantitative estimate of drug-likeness (QED) is 0.202. The smallest absolute Gasteiger partial charge is 0.854 e. The molecule has 3 aromatic carbocycles. The van der Waals surface area contributed by atoms with Crippen LogP contribution in [0, 0.1) is 59.7 Å². The maximum absolute atomic E-state index is 8.48. The second-order valence-corrected chi connectivity index (χ2v) is 6.61. The molecule has 0 aliphatic carbocycles. The van der Waals surface area contributed by atoms with Gasteiger partial charge in [0, 0.05) is 0 Å². The van der Waals surface area contributed by atoms with E-state index in [0.29, 0.717) is 0 Å². The number of aryl methyl sites for hydroxylation is 6.